The molecule has 2 aliphatic rings. The Morgan fingerprint density at radius 2 is 2.36 bits per heavy atom. The van der Waals surface area contributed by atoms with Crippen LogP contribution in [0.3, 0.4) is 0 Å². The first-order valence-electron chi connectivity index (χ1n) is 5.57. The van der Waals surface area contributed by atoms with Gasteiger partial charge in [-0.25, -0.2) is 0 Å². The van der Waals surface area contributed by atoms with E-state index >= 15 is 0 Å². The number of nitrogens with zero attached hydrogens (tertiary/aromatic N) is 1. The van der Waals surface area contributed by atoms with Crippen molar-refractivity contribution in [3.63, 3.8) is 0 Å². The van der Waals surface area contributed by atoms with Gasteiger partial charge in [0, 0.05) is 5.56 Å². The van der Waals surface area contributed by atoms with E-state index in [1.54, 1.807) is 5.57 Å². The normalized spacial score (nSPS) is 30.5. The molecule has 0 aliphatic heterocycles. The van der Waals surface area contributed by atoms with Gasteiger partial charge in [-0.3, -0.25) is 5.10 Å². The van der Waals surface area contributed by atoms with Crippen molar-refractivity contribution < 1.29 is 0 Å². The van der Waals surface area contributed by atoms with Gasteiger partial charge in [-0.2, -0.15) is 5.10 Å². The van der Waals surface area contributed by atoms with Crippen LogP contribution in [0.2, 0.25) is 0 Å². The van der Waals surface area contributed by atoms with Crippen LogP contribution in [0.25, 0.3) is 5.57 Å². The van der Waals surface area contributed by atoms with Crippen molar-refractivity contribution in [1.82, 2.24) is 10.2 Å². The smallest absolute Gasteiger partial charge is 0.0644 e. The summed E-state index contributed by atoms with van der Waals surface area (Å²) in [5, 5.41) is 7.26. The second kappa shape index (κ2) is 2.97. The van der Waals surface area contributed by atoms with Crippen molar-refractivity contribution in [2.24, 2.45) is 11.8 Å². The first-order chi connectivity index (χ1) is 6.84. The monoisotopic (exact) mass is 188 g/mol. The predicted molar refractivity (Wildman–Crippen MR) is 56.8 cm³/mol. The van der Waals surface area contributed by atoms with Crippen molar-refractivity contribution in [3.8, 4) is 0 Å². The highest BCUT2D eigenvalue weighted by molar-refractivity contribution is 5.71. The lowest BCUT2D eigenvalue weighted by atomic mass is 9.95. The molecule has 1 aromatic heterocycles. The van der Waals surface area contributed by atoms with Crippen LogP contribution in [0.1, 0.15) is 37.4 Å². The average molecular weight is 188 g/mol. The summed E-state index contributed by atoms with van der Waals surface area (Å²) in [6.45, 7) is 2.36. The number of nitrogens with one attached hydrogen (secondary N) is 1. The predicted octanol–water partition coefficient (Wildman–Crippen LogP) is 2.79. The standard InChI is InChI=1S/C12H16N2/c1-8-2-3-9(6-8)11-5-4-10-7-13-14-12(10)11/h5,7-9H,2-4,6H2,1H3,(H,13,14). The van der Waals surface area contributed by atoms with E-state index in [-0.39, 0.29) is 0 Å². The molecule has 1 aromatic rings. The fourth-order valence-corrected chi connectivity index (χ4v) is 2.90. The van der Waals surface area contributed by atoms with Gasteiger partial charge in [0.25, 0.3) is 0 Å². The number of hydrogen-bond donors (Lipinski definition) is 1. The van der Waals surface area contributed by atoms with Gasteiger partial charge in [0.05, 0.1) is 11.9 Å². The lowest BCUT2D eigenvalue weighted by molar-refractivity contribution is 0.591. The average Bonchev–Trinajstić information content (AvgIpc) is 2.77. The maximum Gasteiger partial charge on any atom is 0.0644 e. The van der Waals surface area contributed by atoms with E-state index in [4.69, 9.17) is 0 Å². The van der Waals surface area contributed by atoms with Crippen molar-refractivity contribution in [1.29, 1.82) is 0 Å². The van der Waals surface area contributed by atoms with E-state index in [0.717, 1.165) is 18.3 Å². The van der Waals surface area contributed by atoms with Gasteiger partial charge in [0.15, 0.2) is 0 Å². The van der Waals surface area contributed by atoms with Crippen molar-refractivity contribution in [2.75, 3.05) is 0 Å². The molecule has 2 heteroatoms. The third-order valence-corrected chi connectivity index (χ3v) is 3.68. The Morgan fingerprint density at radius 3 is 3.14 bits per heavy atom. The van der Waals surface area contributed by atoms with Crippen LogP contribution >= 0.6 is 0 Å². The Balaban J connectivity index is 1.88. The van der Waals surface area contributed by atoms with Crippen LogP contribution in [-0.4, -0.2) is 10.2 Å². The zero-order valence-electron chi connectivity index (χ0n) is 8.59. The Hall–Kier alpha value is -1.05. The first-order valence-corrected chi connectivity index (χ1v) is 5.57. The molecule has 0 aromatic carbocycles. The van der Waals surface area contributed by atoms with Gasteiger partial charge < -0.3 is 0 Å². The topological polar surface area (TPSA) is 28.7 Å². The second-order valence-electron chi connectivity index (χ2n) is 4.75. The fourth-order valence-electron chi connectivity index (χ4n) is 2.90. The number of H-pyrrole nitrogens is 1. The molecule has 1 fully saturated rings. The molecular weight excluding hydrogens is 172 g/mol. The highest BCUT2D eigenvalue weighted by Gasteiger charge is 2.29. The van der Waals surface area contributed by atoms with E-state index in [1.807, 2.05) is 6.20 Å². The Kier molecular flexibility index (Phi) is 1.76. The maximum atomic E-state index is 4.12. The largest absolute Gasteiger partial charge is 0.278 e. The van der Waals surface area contributed by atoms with Crippen LogP contribution < -0.4 is 0 Å². The highest BCUT2D eigenvalue weighted by atomic mass is 15.1. The third-order valence-electron chi connectivity index (χ3n) is 3.68. The fraction of sp³-hybridized carbons (Fsp3) is 0.583. The molecule has 0 bridgehead atoms. The lowest BCUT2D eigenvalue weighted by Crippen LogP contribution is -1.98. The van der Waals surface area contributed by atoms with E-state index in [1.165, 1.54) is 30.5 Å². The van der Waals surface area contributed by atoms with E-state index in [0.29, 0.717) is 0 Å². The van der Waals surface area contributed by atoms with E-state index < -0.39 is 0 Å². The van der Waals surface area contributed by atoms with Gasteiger partial charge in [-0.1, -0.05) is 19.4 Å². The van der Waals surface area contributed by atoms with Crippen LogP contribution in [0, 0.1) is 11.8 Å². The molecule has 0 spiro atoms. The Labute approximate surface area is 84.4 Å². The van der Waals surface area contributed by atoms with Gasteiger partial charge in [-0.05, 0) is 36.7 Å². The summed E-state index contributed by atoms with van der Waals surface area (Å²) in [6, 6.07) is 0. The van der Waals surface area contributed by atoms with Crippen LogP contribution in [0.5, 0.6) is 0 Å². The van der Waals surface area contributed by atoms with Gasteiger partial charge in [-0.15, -0.1) is 0 Å². The molecular formula is C12H16N2. The summed E-state index contributed by atoms with van der Waals surface area (Å²) in [7, 11) is 0. The summed E-state index contributed by atoms with van der Waals surface area (Å²) in [5.41, 5.74) is 4.26. The van der Waals surface area contributed by atoms with Gasteiger partial charge in [0.1, 0.15) is 0 Å². The molecule has 0 saturated heterocycles. The molecule has 1 N–H and O–H groups in total. The molecule has 0 radical (unpaired) electrons. The Bertz CT molecular complexity index is 375. The number of allylic oxidation sites excluding steroid dienone is 2. The summed E-state index contributed by atoms with van der Waals surface area (Å²) in [4.78, 5) is 0. The van der Waals surface area contributed by atoms with Crippen LogP contribution in [-0.2, 0) is 6.42 Å². The van der Waals surface area contributed by atoms with Crippen LogP contribution in [0.15, 0.2) is 12.3 Å². The molecule has 2 nitrogen and oxygen atoms in total. The third kappa shape index (κ3) is 1.13. The lowest BCUT2D eigenvalue weighted by Gasteiger charge is -2.10. The zero-order valence-corrected chi connectivity index (χ0v) is 8.59. The number of rotatable bonds is 1. The molecule has 1 saturated carbocycles. The second-order valence-corrected chi connectivity index (χ2v) is 4.75. The molecule has 2 atom stereocenters. The molecule has 2 unspecified atom stereocenters. The summed E-state index contributed by atoms with van der Waals surface area (Å²) in [5.74, 6) is 1.71. The molecule has 3 rings (SSSR count). The van der Waals surface area contributed by atoms with E-state index in [2.05, 4.69) is 23.2 Å². The minimum atomic E-state index is 0.798. The highest BCUT2D eigenvalue weighted by Crippen LogP contribution is 2.42. The zero-order chi connectivity index (χ0) is 9.54. The first kappa shape index (κ1) is 8.27. The van der Waals surface area contributed by atoms with Crippen LogP contribution in [0.4, 0.5) is 0 Å². The summed E-state index contributed by atoms with van der Waals surface area (Å²) < 4.78 is 0. The molecule has 0 amide bonds. The molecule has 1 heterocycles. The maximum absolute atomic E-state index is 4.12. The van der Waals surface area contributed by atoms with Crippen molar-refractivity contribution >= 4 is 5.57 Å². The number of aromatic nitrogens is 2. The van der Waals surface area contributed by atoms with Crippen molar-refractivity contribution in [3.05, 3.63) is 23.5 Å². The van der Waals surface area contributed by atoms with Gasteiger partial charge in [0.2, 0.25) is 0 Å². The van der Waals surface area contributed by atoms with E-state index in [9.17, 15) is 0 Å². The molecule has 14 heavy (non-hydrogen) atoms. The summed E-state index contributed by atoms with van der Waals surface area (Å²) in [6.07, 6.45) is 9.58. The van der Waals surface area contributed by atoms with Gasteiger partial charge >= 0.3 is 0 Å². The minimum Gasteiger partial charge on any atom is -0.278 e. The quantitative estimate of drug-likeness (QED) is 0.721. The number of fused-ring (bicyclic) bond motifs is 1. The van der Waals surface area contributed by atoms with Crippen molar-refractivity contribution in [2.45, 2.75) is 32.6 Å². The molecule has 2 aliphatic carbocycles. The molecule has 74 valence electrons. The Morgan fingerprint density at radius 1 is 1.43 bits per heavy atom. The SMILES string of the molecule is CC1CCC(C2=CCc3cn[nH]c32)C1. The minimum absolute atomic E-state index is 0.798. The number of aromatic amines is 1. The number of hydrogen-bond acceptors (Lipinski definition) is 1. The summed E-state index contributed by atoms with van der Waals surface area (Å²) >= 11 is 0.